The van der Waals surface area contributed by atoms with Crippen LogP contribution in [0.25, 0.3) is 11.3 Å². The third kappa shape index (κ3) is 3.21. The third-order valence-corrected chi connectivity index (χ3v) is 5.49. The number of hydrogen-bond acceptors (Lipinski definition) is 2. The van der Waals surface area contributed by atoms with Gasteiger partial charge in [0.15, 0.2) is 0 Å². The predicted octanol–water partition coefficient (Wildman–Crippen LogP) is 4.93. The number of carbonyl (C=O) groups excluding carboxylic acids is 1. The first kappa shape index (κ1) is 17.7. The average molecular weight is 381 g/mol. The van der Waals surface area contributed by atoms with E-state index in [4.69, 9.17) is 16.3 Å². The van der Waals surface area contributed by atoms with Crippen LogP contribution in [0.15, 0.2) is 48.5 Å². The van der Waals surface area contributed by atoms with Gasteiger partial charge in [-0.1, -0.05) is 48.0 Å². The largest absolute Gasteiger partial charge is 0.445 e. The second kappa shape index (κ2) is 7.12. The molecular formula is C22H21ClN2O2. The molecule has 138 valence electrons. The van der Waals surface area contributed by atoms with Crippen LogP contribution in [0.5, 0.6) is 0 Å². The summed E-state index contributed by atoms with van der Waals surface area (Å²) in [5, 5.41) is 3.22. The monoisotopic (exact) mass is 380 g/mol. The first-order valence-electron chi connectivity index (χ1n) is 8.96. The van der Waals surface area contributed by atoms with Gasteiger partial charge < -0.3 is 14.6 Å². The Morgan fingerprint density at radius 1 is 1.15 bits per heavy atom. The summed E-state index contributed by atoms with van der Waals surface area (Å²) < 4.78 is 7.76. The number of alkyl carbamates (subject to hydrolysis) is 1. The highest BCUT2D eigenvalue weighted by Crippen LogP contribution is 2.37. The minimum absolute atomic E-state index is 0.236. The van der Waals surface area contributed by atoms with Crippen molar-refractivity contribution < 1.29 is 9.53 Å². The summed E-state index contributed by atoms with van der Waals surface area (Å²) in [7, 11) is 1.57. The zero-order valence-corrected chi connectivity index (χ0v) is 16.1. The highest BCUT2D eigenvalue weighted by Gasteiger charge is 2.26. The van der Waals surface area contributed by atoms with Crippen LogP contribution >= 0.6 is 11.6 Å². The van der Waals surface area contributed by atoms with Crippen molar-refractivity contribution in [2.24, 2.45) is 0 Å². The number of nitrogens with one attached hydrogen (secondary N) is 1. The van der Waals surface area contributed by atoms with Crippen molar-refractivity contribution in [1.82, 2.24) is 9.88 Å². The molecule has 2 heterocycles. The maximum atomic E-state index is 11.7. The Hall–Kier alpha value is -2.72. The van der Waals surface area contributed by atoms with Crippen LogP contribution in [0.3, 0.4) is 0 Å². The topological polar surface area (TPSA) is 43.3 Å². The molecule has 0 saturated heterocycles. The molecule has 0 atom stereocenters. The van der Waals surface area contributed by atoms with Gasteiger partial charge in [0.1, 0.15) is 6.61 Å². The van der Waals surface area contributed by atoms with Crippen molar-refractivity contribution >= 4 is 17.7 Å². The molecule has 0 spiro atoms. The zero-order valence-electron chi connectivity index (χ0n) is 15.4. The lowest BCUT2D eigenvalue weighted by Crippen LogP contribution is -2.19. The van der Waals surface area contributed by atoms with E-state index in [2.05, 4.69) is 41.1 Å². The number of hydrogen-bond donors (Lipinski definition) is 1. The molecule has 0 aliphatic carbocycles. The molecule has 1 amide bonds. The summed E-state index contributed by atoms with van der Waals surface area (Å²) in [6.45, 7) is 3.16. The van der Waals surface area contributed by atoms with Crippen LogP contribution in [-0.2, 0) is 24.3 Å². The highest BCUT2D eigenvalue weighted by molar-refractivity contribution is 6.30. The molecule has 2 aromatic carbocycles. The molecule has 1 aliphatic heterocycles. The number of amides is 1. The van der Waals surface area contributed by atoms with E-state index in [1.165, 1.54) is 22.4 Å². The van der Waals surface area contributed by atoms with Gasteiger partial charge in [0, 0.05) is 36.3 Å². The van der Waals surface area contributed by atoms with Crippen LogP contribution in [0.1, 0.15) is 27.9 Å². The van der Waals surface area contributed by atoms with Crippen molar-refractivity contribution in [1.29, 1.82) is 0 Å². The Bertz CT molecular complexity index is 1010. The van der Waals surface area contributed by atoms with Crippen molar-refractivity contribution in [2.75, 3.05) is 7.05 Å². The number of rotatable bonds is 3. The number of benzene rings is 2. The summed E-state index contributed by atoms with van der Waals surface area (Å²) in [5.74, 6) is 0. The molecule has 1 N–H and O–H groups in total. The van der Waals surface area contributed by atoms with Crippen molar-refractivity contribution in [3.05, 3.63) is 81.5 Å². The number of halogens is 1. The van der Waals surface area contributed by atoms with Crippen molar-refractivity contribution in [3.63, 3.8) is 0 Å². The van der Waals surface area contributed by atoms with Gasteiger partial charge in [-0.15, -0.1) is 0 Å². The molecule has 0 unspecified atom stereocenters. The van der Waals surface area contributed by atoms with Gasteiger partial charge in [0.05, 0.1) is 5.69 Å². The molecular weight excluding hydrogens is 360 g/mol. The lowest BCUT2D eigenvalue weighted by atomic mass is 9.97. The number of nitrogens with zero attached hydrogens (tertiary/aromatic N) is 1. The smallest absolute Gasteiger partial charge is 0.407 e. The fraction of sp³-hybridized carbons (Fsp3) is 0.227. The minimum atomic E-state index is -0.427. The average Bonchev–Trinajstić information content (AvgIpc) is 2.96. The van der Waals surface area contributed by atoms with Crippen molar-refractivity contribution in [2.45, 2.75) is 26.5 Å². The summed E-state index contributed by atoms with van der Waals surface area (Å²) >= 11 is 6.09. The van der Waals surface area contributed by atoms with Gasteiger partial charge >= 0.3 is 6.09 Å². The Balaban J connectivity index is 1.84. The predicted molar refractivity (Wildman–Crippen MR) is 107 cm³/mol. The van der Waals surface area contributed by atoms with E-state index >= 15 is 0 Å². The van der Waals surface area contributed by atoms with Gasteiger partial charge in [0.2, 0.25) is 0 Å². The first-order chi connectivity index (χ1) is 13.1. The van der Waals surface area contributed by atoms with Gasteiger partial charge in [-0.2, -0.15) is 0 Å². The number of carbonyl (C=O) groups is 1. The molecule has 0 radical (unpaired) electrons. The Labute approximate surface area is 163 Å². The van der Waals surface area contributed by atoms with Crippen molar-refractivity contribution in [3.8, 4) is 11.3 Å². The van der Waals surface area contributed by atoms with Crippen LogP contribution in [0, 0.1) is 6.92 Å². The van der Waals surface area contributed by atoms with E-state index in [1.807, 2.05) is 24.3 Å². The Kier molecular flexibility index (Phi) is 4.66. The second-order valence-electron chi connectivity index (χ2n) is 6.76. The van der Waals surface area contributed by atoms with Crippen LogP contribution in [0.2, 0.25) is 5.02 Å². The maximum absolute atomic E-state index is 11.7. The molecule has 1 aliphatic rings. The maximum Gasteiger partial charge on any atom is 0.407 e. The van der Waals surface area contributed by atoms with E-state index in [0.29, 0.717) is 5.02 Å². The van der Waals surface area contributed by atoms with Gasteiger partial charge in [-0.05, 0) is 41.3 Å². The SMILES string of the molecule is CNC(=O)OCc1c(C)c2n(c1-c1ccc(Cl)cc1)Cc1ccccc1C2. The summed E-state index contributed by atoms with van der Waals surface area (Å²) in [6.07, 6.45) is 0.451. The zero-order chi connectivity index (χ0) is 19.0. The lowest BCUT2D eigenvalue weighted by molar-refractivity contribution is 0.142. The van der Waals surface area contributed by atoms with E-state index in [1.54, 1.807) is 7.05 Å². The Morgan fingerprint density at radius 3 is 2.56 bits per heavy atom. The third-order valence-electron chi connectivity index (χ3n) is 5.24. The summed E-state index contributed by atoms with van der Waals surface area (Å²) in [5.41, 5.74) is 8.35. The van der Waals surface area contributed by atoms with E-state index in [-0.39, 0.29) is 6.61 Å². The molecule has 0 saturated carbocycles. The highest BCUT2D eigenvalue weighted by atomic mass is 35.5. The molecule has 0 bridgehead atoms. The standard InChI is InChI=1S/C22H21ClN2O2/c1-14-19(13-27-22(26)24-2)21(15-7-9-18(23)10-8-15)25-12-17-6-4-3-5-16(17)11-20(14)25/h3-10H,11-13H2,1-2H3,(H,24,26). The van der Waals surface area contributed by atoms with Crippen LogP contribution in [0.4, 0.5) is 4.79 Å². The van der Waals surface area contributed by atoms with Gasteiger partial charge in [0.25, 0.3) is 0 Å². The number of ether oxygens (including phenoxy) is 1. The normalized spacial score (nSPS) is 12.3. The molecule has 4 nitrogen and oxygen atoms in total. The van der Waals surface area contributed by atoms with Gasteiger partial charge in [-0.25, -0.2) is 4.79 Å². The molecule has 27 heavy (non-hydrogen) atoms. The first-order valence-corrected chi connectivity index (χ1v) is 9.34. The molecule has 4 rings (SSSR count). The van der Waals surface area contributed by atoms with E-state index < -0.39 is 6.09 Å². The molecule has 3 aromatic rings. The number of aromatic nitrogens is 1. The van der Waals surface area contributed by atoms with Gasteiger partial charge in [-0.3, -0.25) is 0 Å². The van der Waals surface area contributed by atoms with E-state index in [9.17, 15) is 4.79 Å². The molecule has 1 aromatic heterocycles. The molecule has 0 fully saturated rings. The van der Waals surface area contributed by atoms with Crippen LogP contribution in [-0.4, -0.2) is 17.7 Å². The van der Waals surface area contributed by atoms with E-state index in [0.717, 1.165) is 29.8 Å². The summed E-state index contributed by atoms with van der Waals surface area (Å²) in [6, 6.07) is 16.4. The number of fused-ring (bicyclic) bond motifs is 2. The minimum Gasteiger partial charge on any atom is -0.445 e. The molecule has 5 heteroatoms. The second-order valence-corrected chi connectivity index (χ2v) is 7.20. The summed E-state index contributed by atoms with van der Waals surface area (Å²) in [4.78, 5) is 11.7. The fourth-order valence-electron chi connectivity index (χ4n) is 3.81. The Morgan fingerprint density at radius 2 is 1.85 bits per heavy atom. The van der Waals surface area contributed by atoms with Crippen LogP contribution < -0.4 is 5.32 Å². The lowest BCUT2D eigenvalue weighted by Gasteiger charge is -2.22. The quantitative estimate of drug-likeness (QED) is 0.548. The fourth-order valence-corrected chi connectivity index (χ4v) is 3.94.